The van der Waals surface area contributed by atoms with E-state index in [-0.39, 0.29) is 16.9 Å². The molecule has 0 spiro atoms. The Bertz CT molecular complexity index is 1380. The summed E-state index contributed by atoms with van der Waals surface area (Å²) in [6.07, 6.45) is 0. The lowest BCUT2D eigenvalue weighted by Gasteiger charge is -2.23. The third kappa shape index (κ3) is 5.31. The van der Waals surface area contributed by atoms with Crippen LogP contribution in [0.15, 0.2) is 91.0 Å². The fraction of sp³-hybridized carbons (Fsp3) is 0.107. The minimum absolute atomic E-state index is 0.0949. The predicted octanol–water partition coefficient (Wildman–Crippen LogP) is 5.64. The molecule has 0 unspecified atom stereocenters. The third-order valence-electron chi connectivity index (χ3n) is 5.59. The molecule has 7 heteroatoms. The summed E-state index contributed by atoms with van der Waals surface area (Å²) in [7, 11) is 1.51. The van der Waals surface area contributed by atoms with Gasteiger partial charge in [-0.05, 0) is 67.0 Å². The van der Waals surface area contributed by atoms with Gasteiger partial charge in [0, 0.05) is 23.2 Å². The maximum atomic E-state index is 13.3. The van der Waals surface area contributed by atoms with E-state index in [2.05, 4.69) is 10.6 Å². The summed E-state index contributed by atoms with van der Waals surface area (Å²) in [5.41, 5.74) is 2.46. The molecule has 0 heterocycles. The van der Waals surface area contributed by atoms with E-state index in [1.165, 1.54) is 7.11 Å². The van der Waals surface area contributed by atoms with Crippen molar-refractivity contribution in [2.24, 2.45) is 0 Å². The van der Waals surface area contributed by atoms with Gasteiger partial charge in [-0.3, -0.25) is 14.9 Å². The van der Waals surface area contributed by atoms with Gasteiger partial charge in [0.15, 0.2) is 5.11 Å². The van der Waals surface area contributed by atoms with Crippen LogP contribution in [0.5, 0.6) is 5.75 Å². The van der Waals surface area contributed by atoms with Gasteiger partial charge in [-0.25, -0.2) is 0 Å². The van der Waals surface area contributed by atoms with Gasteiger partial charge in [0.05, 0.1) is 18.4 Å². The average Bonchev–Trinajstić information content (AvgIpc) is 2.89. The van der Waals surface area contributed by atoms with Crippen LogP contribution in [-0.4, -0.2) is 30.6 Å². The molecule has 0 aliphatic heterocycles. The summed E-state index contributed by atoms with van der Waals surface area (Å²) in [6, 6.07) is 27.9. The van der Waals surface area contributed by atoms with Crippen LogP contribution in [0.4, 0.5) is 11.4 Å². The second-order valence-corrected chi connectivity index (χ2v) is 8.14. The first-order valence-corrected chi connectivity index (χ1v) is 11.6. The lowest BCUT2D eigenvalue weighted by atomic mass is 10.1. The van der Waals surface area contributed by atoms with Crippen molar-refractivity contribution in [3.8, 4) is 5.75 Å². The van der Waals surface area contributed by atoms with E-state index >= 15 is 0 Å². The van der Waals surface area contributed by atoms with E-state index in [0.29, 0.717) is 29.1 Å². The Balaban J connectivity index is 1.45. The van der Waals surface area contributed by atoms with Crippen molar-refractivity contribution >= 4 is 51.3 Å². The van der Waals surface area contributed by atoms with Crippen LogP contribution in [0, 0.1) is 0 Å². The molecule has 0 atom stereocenters. The molecular weight excluding hydrogens is 458 g/mol. The fourth-order valence-electron chi connectivity index (χ4n) is 3.88. The minimum Gasteiger partial charge on any atom is -0.496 e. The van der Waals surface area contributed by atoms with Crippen molar-refractivity contribution < 1.29 is 14.3 Å². The largest absolute Gasteiger partial charge is 0.496 e. The van der Waals surface area contributed by atoms with E-state index < -0.39 is 0 Å². The summed E-state index contributed by atoms with van der Waals surface area (Å²) < 4.78 is 5.23. The maximum Gasteiger partial charge on any atom is 0.261 e. The van der Waals surface area contributed by atoms with Gasteiger partial charge in [0.2, 0.25) is 0 Å². The van der Waals surface area contributed by atoms with Gasteiger partial charge in [0.25, 0.3) is 11.8 Å². The first-order chi connectivity index (χ1) is 17.0. The van der Waals surface area contributed by atoms with Crippen molar-refractivity contribution in [1.82, 2.24) is 5.32 Å². The van der Waals surface area contributed by atoms with E-state index in [9.17, 15) is 9.59 Å². The van der Waals surface area contributed by atoms with Crippen molar-refractivity contribution in [2.75, 3.05) is 23.9 Å². The number of methoxy groups -OCH3 is 1. The van der Waals surface area contributed by atoms with Gasteiger partial charge in [-0.15, -0.1) is 0 Å². The molecule has 0 aliphatic carbocycles. The van der Waals surface area contributed by atoms with E-state index in [1.807, 2.05) is 49.4 Å². The number of rotatable bonds is 6. The van der Waals surface area contributed by atoms with Crippen LogP contribution >= 0.6 is 12.2 Å². The second-order valence-electron chi connectivity index (χ2n) is 7.73. The van der Waals surface area contributed by atoms with E-state index in [4.69, 9.17) is 17.0 Å². The Labute approximate surface area is 209 Å². The predicted molar refractivity (Wildman–Crippen MR) is 144 cm³/mol. The number of thiocarbonyl (C=S) groups is 1. The Morgan fingerprint density at radius 3 is 2.31 bits per heavy atom. The molecule has 0 saturated heterocycles. The number of ether oxygens (including phenoxy) is 1. The first kappa shape index (κ1) is 23.9. The molecule has 0 aliphatic rings. The Kier molecular flexibility index (Phi) is 7.38. The molecule has 0 saturated carbocycles. The maximum absolute atomic E-state index is 13.3. The van der Waals surface area contributed by atoms with Crippen molar-refractivity contribution in [3.63, 3.8) is 0 Å². The molecule has 35 heavy (non-hydrogen) atoms. The molecule has 2 amide bonds. The quantitative estimate of drug-likeness (QED) is 0.347. The molecule has 0 aromatic heterocycles. The van der Waals surface area contributed by atoms with Crippen LogP contribution in [0.2, 0.25) is 0 Å². The molecule has 0 fully saturated rings. The fourth-order valence-corrected chi connectivity index (χ4v) is 4.09. The van der Waals surface area contributed by atoms with Crippen LogP contribution in [0.25, 0.3) is 10.8 Å². The third-order valence-corrected chi connectivity index (χ3v) is 5.79. The summed E-state index contributed by atoms with van der Waals surface area (Å²) >= 11 is 5.29. The number of hydrogen-bond donors (Lipinski definition) is 2. The lowest BCUT2D eigenvalue weighted by Crippen LogP contribution is -2.34. The molecule has 6 nitrogen and oxygen atoms in total. The number of nitrogens with zero attached hydrogens (tertiary/aromatic N) is 1. The van der Waals surface area contributed by atoms with Crippen LogP contribution in [-0.2, 0) is 0 Å². The summed E-state index contributed by atoms with van der Waals surface area (Å²) in [4.78, 5) is 27.6. The number of nitrogens with one attached hydrogen (secondary N) is 2. The molecule has 176 valence electrons. The topological polar surface area (TPSA) is 70.7 Å². The zero-order valence-electron chi connectivity index (χ0n) is 19.4. The molecule has 0 bridgehead atoms. The minimum atomic E-state index is -0.375. The highest BCUT2D eigenvalue weighted by molar-refractivity contribution is 7.80. The summed E-state index contributed by atoms with van der Waals surface area (Å²) in [5.74, 6) is -0.00906. The smallest absolute Gasteiger partial charge is 0.261 e. The standard InChI is InChI=1S/C28H25N3O3S/c1-3-31(24-13-8-10-19-9-4-5-11-22(19)24)27(33)20-15-17-21(18-16-20)29-28(35)30-26(32)23-12-6-7-14-25(23)34-2/h4-18H,3H2,1-2H3,(H2,29,30,32,35). The Hall–Kier alpha value is -4.23. The molecular formula is C28H25N3O3S. The first-order valence-electron chi connectivity index (χ1n) is 11.2. The van der Waals surface area contributed by atoms with Crippen LogP contribution in [0.3, 0.4) is 0 Å². The lowest BCUT2D eigenvalue weighted by molar-refractivity contribution is 0.0971. The number of benzene rings is 4. The number of fused-ring (bicyclic) bond motifs is 1. The van der Waals surface area contributed by atoms with Gasteiger partial charge in [0.1, 0.15) is 5.75 Å². The van der Waals surface area contributed by atoms with Crippen LogP contribution in [0.1, 0.15) is 27.6 Å². The Morgan fingerprint density at radius 1 is 0.886 bits per heavy atom. The number of hydrogen-bond acceptors (Lipinski definition) is 4. The van der Waals surface area contributed by atoms with Gasteiger partial charge in [-0.1, -0.05) is 48.5 Å². The van der Waals surface area contributed by atoms with Gasteiger partial charge in [-0.2, -0.15) is 0 Å². The molecule has 4 rings (SSSR count). The van der Waals surface area contributed by atoms with E-state index in [1.54, 1.807) is 53.4 Å². The highest BCUT2D eigenvalue weighted by Crippen LogP contribution is 2.28. The monoisotopic (exact) mass is 483 g/mol. The van der Waals surface area contributed by atoms with E-state index in [0.717, 1.165) is 16.5 Å². The highest BCUT2D eigenvalue weighted by Gasteiger charge is 2.18. The normalized spacial score (nSPS) is 10.5. The summed E-state index contributed by atoms with van der Waals surface area (Å²) in [5, 5.41) is 7.88. The average molecular weight is 484 g/mol. The molecule has 4 aromatic carbocycles. The summed E-state index contributed by atoms with van der Waals surface area (Å²) in [6.45, 7) is 2.49. The molecule has 2 N–H and O–H groups in total. The van der Waals surface area contributed by atoms with Gasteiger partial charge >= 0.3 is 0 Å². The highest BCUT2D eigenvalue weighted by atomic mass is 32.1. The number of carbonyl (C=O) groups excluding carboxylic acids is 2. The zero-order valence-corrected chi connectivity index (χ0v) is 20.3. The number of para-hydroxylation sites is 1. The second kappa shape index (κ2) is 10.8. The molecule has 4 aromatic rings. The SMILES string of the molecule is CCN(C(=O)c1ccc(NC(=S)NC(=O)c2ccccc2OC)cc1)c1cccc2ccccc12. The Morgan fingerprint density at radius 2 is 1.57 bits per heavy atom. The number of amides is 2. The van der Waals surface area contributed by atoms with Crippen molar-refractivity contribution in [2.45, 2.75) is 6.92 Å². The zero-order chi connectivity index (χ0) is 24.8. The molecule has 0 radical (unpaired) electrons. The van der Waals surface area contributed by atoms with Crippen molar-refractivity contribution in [3.05, 3.63) is 102 Å². The van der Waals surface area contributed by atoms with Crippen LogP contribution < -0.4 is 20.3 Å². The van der Waals surface area contributed by atoms with Gasteiger partial charge < -0.3 is 15.0 Å². The van der Waals surface area contributed by atoms with Crippen molar-refractivity contribution in [1.29, 1.82) is 0 Å². The number of carbonyl (C=O) groups is 2. The number of anilines is 2.